The standard InChI is InChI=1S/C14H15N3O/c1-9-5-6-10(2)12(8-9)17-14-11(13(15)18)4-3-7-16-14/h3-8H,1-2H3,(H2,15,18)(H,16,17). The molecule has 4 heteroatoms. The molecule has 0 aliphatic heterocycles. The van der Waals surface area contributed by atoms with E-state index >= 15 is 0 Å². The molecule has 4 nitrogen and oxygen atoms in total. The van der Waals surface area contributed by atoms with E-state index in [0.29, 0.717) is 11.4 Å². The van der Waals surface area contributed by atoms with Crippen LogP contribution in [0.4, 0.5) is 11.5 Å². The highest BCUT2D eigenvalue weighted by Crippen LogP contribution is 2.22. The van der Waals surface area contributed by atoms with Crippen LogP contribution in [0.1, 0.15) is 21.5 Å². The second kappa shape index (κ2) is 4.87. The summed E-state index contributed by atoms with van der Waals surface area (Å²) in [5, 5.41) is 3.15. The lowest BCUT2D eigenvalue weighted by atomic mass is 10.1. The minimum absolute atomic E-state index is 0.387. The normalized spacial score (nSPS) is 10.1. The average Bonchev–Trinajstić information content (AvgIpc) is 2.34. The first-order chi connectivity index (χ1) is 8.58. The Hall–Kier alpha value is -2.36. The Morgan fingerprint density at radius 3 is 2.78 bits per heavy atom. The Morgan fingerprint density at radius 1 is 1.28 bits per heavy atom. The number of hydrogen-bond donors (Lipinski definition) is 2. The molecule has 0 atom stereocenters. The molecule has 0 saturated heterocycles. The largest absolute Gasteiger partial charge is 0.365 e. The molecule has 1 amide bonds. The van der Waals surface area contributed by atoms with Crippen molar-refractivity contribution < 1.29 is 4.79 Å². The van der Waals surface area contributed by atoms with Crippen LogP contribution in [-0.4, -0.2) is 10.9 Å². The summed E-state index contributed by atoms with van der Waals surface area (Å²) in [6.45, 7) is 4.01. The van der Waals surface area contributed by atoms with Gasteiger partial charge in [-0.05, 0) is 43.2 Å². The predicted octanol–water partition coefficient (Wildman–Crippen LogP) is 2.54. The number of amides is 1. The molecule has 92 valence electrons. The van der Waals surface area contributed by atoms with Crippen molar-refractivity contribution in [2.75, 3.05) is 5.32 Å². The number of aryl methyl sites for hydroxylation is 2. The quantitative estimate of drug-likeness (QED) is 0.867. The molecule has 0 fully saturated rings. The molecule has 0 radical (unpaired) electrons. The van der Waals surface area contributed by atoms with Gasteiger partial charge in [-0.15, -0.1) is 0 Å². The van der Waals surface area contributed by atoms with E-state index in [1.807, 2.05) is 32.0 Å². The zero-order chi connectivity index (χ0) is 13.1. The number of carbonyl (C=O) groups is 1. The molecule has 1 aromatic heterocycles. The minimum atomic E-state index is -0.490. The van der Waals surface area contributed by atoms with Crippen molar-refractivity contribution in [2.45, 2.75) is 13.8 Å². The first-order valence-electron chi connectivity index (χ1n) is 5.67. The molecule has 0 aliphatic rings. The third-order valence-electron chi connectivity index (χ3n) is 2.72. The fourth-order valence-corrected chi connectivity index (χ4v) is 1.70. The van der Waals surface area contributed by atoms with E-state index in [4.69, 9.17) is 5.73 Å². The van der Waals surface area contributed by atoms with Crippen LogP contribution >= 0.6 is 0 Å². The van der Waals surface area contributed by atoms with Crippen LogP contribution in [-0.2, 0) is 0 Å². The Balaban J connectivity index is 2.40. The number of nitrogens with one attached hydrogen (secondary N) is 1. The van der Waals surface area contributed by atoms with Crippen LogP contribution < -0.4 is 11.1 Å². The number of pyridine rings is 1. The Morgan fingerprint density at radius 2 is 2.06 bits per heavy atom. The maximum atomic E-state index is 11.3. The van der Waals surface area contributed by atoms with E-state index in [2.05, 4.69) is 10.3 Å². The van der Waals surface area contributed by atoms with Gasteiger partial charge in [-0.25, -0.2) is 4.98 Å². The number of benzene rings is 1. The van der Waals surface area contributed by atoms with Crippen LogP contribution in [0.5, 0.6) is 0 Å². The lowest BCUT2D eigenvalue weighted by molar-refractivity contribution is 0.100. The van der Waals surface area contributed by atoms with Crippen molar-refractivity contribution in [3.63, 3.8) is 0 Å². The summed E-state index contributed by atoms with van der Waals surface area (Å²) in [4.78, 5) is 15.5. The molecule has 1 heterocycles. The molecule has 2 rings (SSSR count). The van der Waals surface area contributed by atoms with Crippen molar-refractivity contribution in [1.29, 1.82) is 0 Å². The monoisotopic (exact) mass is 241 g/mol. The maximum absolute atomic E-state index is 11.3. The molecule has 3 N–H and O–H groups in total. The van der Waals surface area contributed by atoms with Gasteiger partial charge >= 0.3 is 0 Å². The van der Waals surface area contributed by atoms with Crippen LogP contribution in [0.25, 0.3) is 0 Å². The first-order valence-corrected chi connectivity index (χ1v) is 5.67. The minimum Gasteiger partial charge on any atom is -0.365 e. The lowest BCUT2D eigenvalue weighted by Crippen LogP contribution is -2.14. The summed E-state index contributed by atoms with van der Waals surface area (Å²) in [5.41, 5.74) is 8.86. The van der Waals surface area contributed by atoms with Crippen molar-refractivity contribution >= 4 is 17.4 Å². The zero-order valence-corrected chi connectivity index (χ0v) is 10.4. The average molecular weight is 241 g/mol. The Labute approximate surface area is 106 Å². The van der Waals surface area contributed by atoms with Gasteiger partial charge < -0.3 is 11.1 Å². The molecule has 2 aromatic rings. The summed E-state index contributed by atoms with van der Waals surface area (Å²) in [6.07, 6.45) is 1.62. The second-order valence-corrected chi connectivity index (χ2v) is 4.21. The highest BCUT2D eigenvalue weighted by molar-refractivity contribution is 5.98. The second-order valence-electron chi connectivity index (χ2n) is 4.21. The van der Waals surface area contributed by atoms with Gasteiger partial charge in [-0.2, -0.15) is 0 Å². The van der Waals surface area contributed by atoms with E-state index in [1.54, 1.807) is 18.3 Å². The van der Waals surface area contributed by atoms with Crippen molar-refractivity contribution in [3.8, 4) is 0 Å². The molecular weight excluding hydrogens is 226 g/mol. The summed E-state index contributed by atoms with van der Waals surface area (Å²) in [6, 6.07) is 9.41. The predicted molar refractivity (Wildman–Crippen MR) is 72.0 cm³/mol. The summed E-state index contributed by atoms with van der Waals surface area (Å²) >= 11 is 0. The van der Waals surface area contributed by atoms with Gasteiger partial charge in [-0.1, -0.05) is 12.1 Å². The number of anilines is 2. The van der Waals surface area contributed by atoms with E-state index in [0.717, 1.165) is 16.8 Å². The van der Waals surface area contributed by atoms with Gasteiger partial charge in [0.25, 0.3) is 5.91 Å². The van der Waals surface area contributed by atoms with E-state index in [9.17, 15) is 4.79 Å². The lowest BCUT2D eigenvalue weighted by Gasteiger charge is -2.11. The molecule has 0 spiro atoms. The molecule has 18 heavy (non-hydrogen) atoms. The highest BCUT2D eigenvalue weighted by atomic mass is 16.1. The number of carbonyl (C=O) groups excluding carboxylic acids is 1. The number of rotatable bonds is 3. The van der Waals surface area contributed by atoms with Crippen LogP contribution in [0.3, 0.4) is 0 Å². The first kappa shape index (κ1) is 12.1. The van der Waals surface area contributed by atoms with Gasteiger partial charge in [0.1, 0.15) is 5.82 Å². The van der Waals surface area contributed by atoms with E-state index in [-0.39, 0.29) is 0 Å². The number of aromatic nitrogens is 1. The highest BCUT2D eigenvalue weighted by Gasteiger charge is 2.09. The smallest absolute Gasteiger partial charge is 0.252 e. The van der Waals surface area contributed by atoms with Crippen LogP contribution in [0, 0.1) is 13.8 Å². The Bertz CT molecular complexity index is 593. The van der Waals surface area contributed by atoms with Crippen molar-refractivity contribution in [3.05, 3.63) is 53.2 Å². The van der Waals surface area contributed by atoms with Crippen molar-refractivity contribution in [1.82, 2.24) is 4.98 Å². The third-order valence-corrected chi connectivity index (χ3v) is 2.72. The maximum Gasteiger partial charge on any atom is 0.252 e. The van der Waals surface area contributed by atoms with E-state index < -0.39 is 5.91 Å². The molecule has 0 bridgehead atoms. The summed E-state index contributed by atoms with van der Waals surface area (Å²) < 4.78 is 0. The van der Waals surface area contributed by atoms with Gasteiger partial charge in [0.2, 0.25) is 0 Å². The van der Waals surface area contributed by atoms with E-state index in [1.165, 1.54) is 0 Å². The number of nitrogens with two attached hydrogens (primary N) is 1. The summed E-state index contributed by atoms with van der Waals surface area (Å²) in [7, 11) is 0. The molecule has 0 saturated carbocycles. The van der Waals surface area contributed by atoms with Gasteiger partial charge in [-0.3, -0.25) is 4.79 Å². The molecule has 0 aliphatic carbocycles. The van der Waals surface area contributed by atoms with Crippen LogP contribution in [0.15, 0.2) is 36.5 Å². The zero-order valence-electron chi connectivity index (χ0n) is 10.4. The molecular formula is C14H15N3O. The topological polar surface area (TPSA) is 68.0 Å². The number of hydrogen-bond acceptors (Lipinski definition) is 3. The third kappa shape index (κ3) is 2.48. The van der Waals surface area contributed by atoms with Crippen LogP contribution in [0.2, 0.25) is 0 Å². The Kier molecular flexibility index (Phi) is 3.28. The van der Waals surface area contributed by atoms with Gasteiger partial charge in [0, 0.05) is 11.9 Å². The fraction of sp³-hybridized carbons (Fsp3) is 0.143. The van der Waals surface area contributed by atoms with Gasteiger partial charge in [0.15, 0.2) is 0 Å². The number of primary amides is 1. The summed E-state index contributed by atoms with van der Waals surface area (Å²) in [5.74, 6) is -0.00499. The fourth-order valence-electron chi connectivity index (χ4n) is 1.70. The molecule has 0 unspecified atom stereocenters. The number of nitrogens with zero attached hydrogens (tertiary/aromatic N) is 1. The van der Waals surface area contributed by atoms with Gasteiger partial charge in [0.05, 0.1) is 5.56 Å². The van der Waals surface area contributed by atoms with Crippen molar-refractivity contribution in [2.24, 2.45) is 5.73 Å². The molecule has 1 aromatic carbocycles. The SMILES string of the molecule is Cc1ccc(C)c(Nc2ncccc2C(N)=O)c1.